The van der Waals surface area contributed by atoms with Crippen LogP contribution in [0.25, 0.3) is 0 Å². The minimum absolute atomic E-state index is 0.0486. The van der Waals surface area contributed by atoms with Crippen molar-refractivity contribution in [2.24, 2.45) is 5.41 Å². The van der Waals surface area contributed by atoms with Gasteiger partial charge in [-0.3, -0.25) is 0 Å². The van der Waals surface area contributed by atoms with E-state index in [1.54, 1.807) is 12.1 Å². The van der Waals surface area contributed by atoms with E-state index in [2.05, 4.69) is 31.9 Å². The van der Waals surface area contributed by atoms with Gasteiger partial charge in [-0.2, -0.15) is 0 Å². The standard InChI is InChI=1S/C13H15Br2FO2/c14-8-13(3-5-17-6-4-13)9-18-12-7-10(15)1-2-11(12)16/h1-2,7H,3-6,8-9H2. The second-order valence-corrected chi connectivity index (χ2v) is 6.09. The number of alkyl halides is 1. The van der Waals surface area contributed by atoms with E-state index in [0.29, 0.717) is 12.4 Å². The molecule has 1 aliphatic heterocycles. The first kappa shape index (κ1) is 14.3. The summed E-state index contributed by atoms with van der Waals surface area (Å²) in [4.78, 5) is 0. The summed E-state index contributed by atoms with van der Waals surface area (Å²) in [5.41, 5.74) is 0.0486. The zero-order valence-electron chi connectivity index (χ0n) is 9.93. The highest BCUT2D eigenvalue weighted by Gasteiger charge is 2.32. The van der Waals surface area contributed by atoms with Crippen molar-refractivity contribution in [3.63, 3.8) is 0 Å². The van der Waals surface area contributed by atoms with Crippen LogP contribution in [0.1, 0.15) is 12.8 Å². The molecular formula is C13H15Br2FO2. The van der Waals surface area contributed by atoms with Gasteiger partial charge >= 0.3 is 0 Å². The monoisotopic (exact) mass is 380 g/mol. The van der Waals surface area contributed by atoms with Crippen LogP contribution < -0.4 is 4.74 Å². The maximum atomic E-state index is 13.6. The van der Waals surface area contributed by atoms with Gasteiger partial charge < -0.3 is 9.47 Å². The molecule has 1 saturated heterocycles. The van der Waals surface area contributed by atoms with E-state index in [4.69, 9.17) is 9.47 Å². The molecule has 1 fully saturated rings. The largest absolute Gasteiger partial charge is 0.490 e. The predicted octanol–water partition coefficient (Wildman–Crippen LogP) is 4.16. The first-order valence-corrected chi connectivity index (χ1v) is 7.78. The van der Waals surface area contributed by atoms with Gasteiger partial charge in [-0.05, 0) is 31.0 Å². The summed E-state index contributed by atoms with van der Waals surface area (Å²) in [6, 6.07) is 4.73. The fourth-order valence-corrected chi connectivity index (χ4v) is 3.00. The third-order valence-corrected chi connectivity index (χ3v) is 4.95. The summed E-state index contributed by atoms with van der Waals surface area (Å²) in [5.74, 6) is -0.0221. The van der Waals surface area contributed by atoms with Crippen LogP contribution in [0.2, 0.25) is 0 Å². The molecule has 0 unspecified atom stereocenters. The van der Waals surface area contributed by atoms with Crippen LogP contribution in [0.15, 0.2) is 22.7 Å². The second-order valence-electron chi connectivity index (χ2n) is 4.61. The summed E-state index contributed by atoms with van der Waals surface area (Å²) >= 11 is 6.85. The molecule has 0 N–H and O–H groups in total. The van der Waals surface area contributed by atoms with Gasteiger partial charge in [0.25, 0.3) is 0 Å². The average molecular weight is 382 g/mol. The van der Waals surface area contributed by atoms with E-state index in [-0.39, 0.29) is 11.2 Å². The van der Waals surface area contributed by atoms with E-state index in [0.717, 1.165) is 35.9 Å². The second kappa shape index (κ2) is 6.35. The van der Waals surface area contributed by atoms with Gasteiger partial charge in [-0.1, -0.05) is 31.9 Å². The van der Waals surface area contributed by atoms with Crippen molar-refractivity contribution in [1.82, 2.24) is 0 Å². The van der Waals surface area contributed by atoms with Crippen molar-refractivity contribution in [3.8, 4) is 5.75 Å². The summed E-state index contributed by atoms with van der Waals surface area (Å²) in [6.45, 7) is 2.00. The van der Waals surface area contributed by atoms with E-state index in [1.807, 2.05) is 0 Å². The van der Waals surface area contributed by atoms with Gasteiger partial charge in [0.1, 0.15) is 0 Å². The van der Waals surface area contributed by atoms with Crippen LogP contribution in [-0.4, -0.2) is 25.2 Å². The number of rotatable bonds is 4. The van der Waals surface area contributed by atoms with Crippen molar-refractivity contribution in [3.05, 3.63) is 28.5 Å². The number of benzene rings is 1. The smallest absolute Gasteiger partial charge is 0.165 e. The lowest BCUT2D eigenvalue weighted by molar-refractivity contribution is 0.00289. The Balaban J connectivity index is 2.03. The van der Waals surface area contributed by atoms with Gasteiger partial charge in [0, 0.05) is 28.4 Å². The first-order valence-electron chi connectivity index (χ1n) is 5.87. The molecule has 0 amide bonds. The SMILES string of the molecule is Fc1ccc(Br)cc1OCC1(CBr)CCOCC1. The van der Waals surface area contributed by atoms with Crippen molar-refractivity contribution >= 4 is 31.9 Å². The van der Waals surface area contributed by atoms with Crippen LogP contribution >= 0.6 is 31.9 Å². The average Bonchev–Trinajstić information content (AvgIpc) is 2.41. The van der Waals surface area contributed by atoms with Gasteiger partial charge in [0.05, 0.1) is 6.61 Å². The molecule has 0 atom stereocenters. The fraction of sp³-hybridized carbons (Fsp3) is 0.538. The molecule has 1 aliphatic rings. The molecule has 18 heavy (non-hydrogen) atoms. The molecule has 0 bridgehead atoms. The number of halogens is 3. The van der Waals surface area contributed by atoms with Crippen LogP contribution in [0, 0.1) is 11.2 Å². The summed E-state index contributed by atoms with van der Waals surface area (Å²) < 4.78 is 25.4. The quantitative estimate of drug-likeness (QED) is 0.729. The number of hydrogen-bond donors (Lipinski definition) is 0. The molecule has 0 radical (unpaired) electrons. The lowest BCUT2D eigenvalue weighted by Gasteiger charge is -2.35. The Morgan fingerprint density at radius 1 is 1.33 bits per heavy atom. The van der Waals surface area contributed by atoms with E-state index in [9.17, 15) is 4.39 Å². The molecule has 0 saturated carbocycles. The Kier molecular flexibility index (Phi) is 5.04. The molecule has 0 aromatic heterocycles. The number of ether oxygens (including phenoxy) is 2. The fourth-order valence-electron chi connectivity index (χ4n) is 1.94. The molecule has 0 aliphatic carbocycles. The Hall–Kier alpha value is -0.130. The molecular weight excluding hydrogens is 367 g/mol. The minimum atomic E-state index is -0.324. The molecule has 1 heterocycles. The van der Waals surface area contributed by atoms with Crippen molar-refractivity contribution < 1.29 is 13.9 Å². The minimum Gasteiger partial charge on any atom is -0.490 e. The lowest BCUT2D eigenvalue weighted by atomic mass is 9.83. The third kappa shape index (κ3) is 3.45. The Labute approximate surface area is 123 Å². The van der Waals surface area contributed by atoms with Crippen molar-refractivity contribution in [1.29, 1.82) is 0 Å². The molecule has 2 rings (SSSR count). The maximum absolute atomic E-state index is 13.6. The van der Waals surface area contributed by atoms with Crippen molar-refractivity contribution in [2.75, 3.05) is 25.2 Å². The third-order valence-electron chi connectivity index (χ3n) is 3.26. The molecule has 5 heteroatoms. The van der Waals surface area contributed by atoms with E-state index in [1.165, 1.54) is 6.07 Å². The molecule has 1 aromatic rings. The Morgan fingerprint density at radius 2 is 2.06 bits per heavy atom. The van der Waals surface area contributed by atoms with E-state index < -0.39 is 0 Å². The lowest BCUT2D eigenvalue weighted by Crippen LogP contribution is -2.36. The zero-order chi connectivity index (χ0) is 13.0. The van der Waals surface area contributed by atoms with Crippen molar-refractivity contribution in [2.45, 2.75) is 12.8 Å². The number of hydrogen-bond acceptors (Lipinski definition) is 2. The normalized spacial score (nSPS) is 18.6. The Bertz CT molecular complexity index is 406. The van der Waals surface area contributed by atoms with Crippen LogP contribution in [0.5, 0.6) is 5.75 Å². The van der Waals surface area contributed by atoms with Gasteiger partial charge in [0.15, 0.2) is 11.6 Å². The van der Waals surface area contributed by atoms with Gasteiger partial charge in [0.2, 0.25) is 0 Å². The zero-order valence-corrected chi connectivity index (χ0v) is 13.1. The molecule has 2 nitrogen and oxygen atoms in total. The van der Waals surface area contributed by atoms with Crippen LogP contribution in [0.3, 0.4) is 0 Å². The predicted molar refractivity (Wildman–Crippen MR) is 75.9 cm³/mol. The van der Waals surface area contributed by atoms with Gasteiger partial charge in [-0.15, -0.1) is 0 Å². The first-order chi connectivity index (χ1) is 8.65. The molecule has 100 valence electrons. The summed E-state index contributed by atoms with van der Waals surface area (Å²) in [7, 11) is 0. The molecule has 1 aromatic carbocycles. The topological polar surface area (TPSA) is 18.5 Å². The van der Waals surface area contributed by atoms with E-state index >= 15 is 0 Å². The highest BCUT2D eigenvalue weighted by Crippen LogP contribution is 2.34. The maximum Gasteiger partial charge on any atom is 0.165 e. The highest BCUT2D eigenvalue weighted by atomic mass is 79.9. The van der Waals surface area contributed by atoms with Gasteiger partial charge in [-0.25, -0.2) is 4.39 Å². The highest BCUT2D eigenvalue weighted by molar-refractivity contribution is 9.10. The van der Waals surface area contributed by atoms with Crippen LogP contribution in [0.4, 0.5) is 4.39 Å². The summed E-state index contributed by atoms with van der Waals surface area (Å²) in [6.07, 6.45) is 1.88. The summed E-state index contributed by atoms with van der Waals surface area (Å²) in [5, 5.41) is 0.846. The molecule has 0 spiro atoms. The van der Waals surface area contributed by atoms with Crippen LogP contribution in [-0.2, 0) is 4.74 Å². The Morgan fingerprint density at radius 3 is 2.72 bits per heavy atom.